The molecule has 5 nitrogen and oxygen atoms in total. The Hall–Kier alpha value is -3.16. The van der Waals surface area contributed by atoms with E-state index in [0.717, 1.165) is 17.2 Å². The standard InChI is InChI=1S/C30H32Cl2F2N2O3/c1-6-24(37)35-23-14-12-21(31)26(32)25(23)29(38)36(17-18-7-10-20(11-8-18)30(2,3)4)16-15-19-9-13-22(33)28(39-5)27(19)34/h7-14H,6,15-17H2,1-5H3,(H,35,37). The van der Waals surface area contributed by atoms with Gasteiger partial charge in [0.25, 0.3) is 5.91 Å². The number of carbonyl (C=O) groups excluding carboxylic acids is 2. The van der Waals surface area contributed by atoms with Crippen LogP contribution in [0, 0.1) is 11.6 Å². The van der Waals surface area contributed by atoms with E-state index in [2.05, 4.69) is 26.1 Å². The van der Waals surface area contributed by atoms with Gasteiger partial charge in [-0.3, -0.25) is 9.59 Å². The second-order valence-electron chi connectivity index (χ2n) is 10.2. The Morgan fingerprint density at radius 3 is 2.26 bits per heavy atom. The smallest absolute Gasteiger partial charge is 0.257 e. The monoisotopic (exact) mass is 576 g/mol. The van der Waals surface area contributed by atoms with E-state index in [4.69, 9.17) is 27.9 Å². The van der Waals surface area contributed by atoms with Crippen LogP contribution in [0.4, 0.5) is 14.5 Å². The van der Waals surface area contributed by atoms with Crippen LogP contribution in [0.15, 0.2) is 48.5 Å². The number of methoxy groups -OCH3 is 1. The van der Waals surface area contributed by atoms with E-state index in [-0.39, 0.29) is 64.1 Å². The molecule has 0 atom stereocenters. The van der Waals surface area contributed by atoms with E-state index in [9.17, 15) is 18.4 Å². The molecule has 0 aromatic heterocycles. The Morgan fingerprint density at radius 2 is 1.67 bits per heavy atom. The number of anilines is 1. The second-order valence-corrected chi connectivity index (χ2v) is 10.9. The van der Waals surface area contributed by atoms with Crippen molar-refractivity contribution in [3.8, 4) is 5.75 Å². The van der Waals surface area contributed by atoms with Crippen molar-refractivity contribution in [1.82, 2.24) is 4.90 Å². The molecule has 0 radical (unpaired) electrons. The van der Waals surface area contributed by atoms with Gasteiger partial charge in [-0.25, -0.2) is 8.78 Å². The number of hydrogen-bond acceptors (Lipinski definition) is 3. The maximum Gasteiger partial charge on any atom is 0.257 e. The summed E-state index contributed by atoms with van der Waals surface area (Å²) in [5, 5.41) is 2.86. The summed E-state index contributed by atoms with van der Waals surface area (Å²) < 4.78 is 33.7. The molecule has 9 heteroatoms. The van der Waals surface area contributed by atoms with Crippen molar-refractivity contribution in [3.63, 3.8) is 0 Å². The maximum absolute atomic E-state index is 14.9. The minimum Gasteiger partial charge on any atom is -0.491 e. The van der Waals surface area contributed by atoms with Crippen LogP contribution < -0.4 is 10.1 Å². The minimum absolute atomic E-state index is 0.00159. The Bertz CT molecular complexity index is 1360. The Labute approximate surface area is 238 Å². The van der Waals surface area contributed by atoms with Crippen LogP contribution in [-0.2, 0) is 23.2 Å². The predicted molar refractivity (Wildman–Crippen MR) is 152 cm³/mol. The number of benzene rings is 3. The van der Waals surface area contributed by atoms with Crippen LogP contribution >= 0.6 is 23.2 Å². The van der Waals surface area contributed by atoms with Crippen molar-refractivity contribution in [2.75, 3.05) is 19.0 Å². The lowest BCUT2D eigenvalue weighted by molar-refractivity contribution is -0.115. The molecule has 0 fully saturated rings. The first-order chi connectivity index (χ1) is 18.4. The zero-order valence-electron chi connectivity index (χ0n) is 22.6. The molecule has 0 saturated heterocycles. The molecular formula is C30H32Cl2F2N2O3. The highest BCUT2D eigenvalue weighted by Crippen LogP contribution is 2.34. The lowest BCUT2D eigenvalue weighted by Gasteiger charge is -2.26. The highest BCUT2D eigenvalue weighted by atomic mass is 35.5. The molecule has 3 aromatic rings. The number of hydrogen-bond donors (Lipinski definition) is 1. The topological polar surface area (TPSA) is 58.6 Å². The third-order valence-corrected chi connectivity index (χ3v) is 7.17. The fourth-order valence-electron chi connectivity index (χ4n) is 4.05. The molecule has 0 unspecified atom stereocenters. The summed E-state index contributed by atoms with van der Waals surface area (Å²) in [7, 11) is 1.19. The molecule has 1 N–H and O–H groups in total. The van der Waals surface area contributed by atoms with Gasteiger partial charge in [0.2, 0.25) is 5.91 Å². The van der Waals surface area contributed by atoms with Gasteiger partial charge >= 0.3 is 0 Å². The van der Waals surface area contributed by atoms with Crippen LogP contribution in [0.1, 0.15) is 61.2 Å². The van der Waals surface area contributed by atoms with E-state index >= 15 is 0 Å². The number of halogens is 4. The number of amides is 2. The highest BCUT2D eigenvalue weighted by Gasteiger charge is 2.26. The zero-order chi connectivity index (χ0) is 28.9. The lowest BCUT2D eigenvalue weighted by Crippen LogP contribution is -2.33. The van der Waals surface area contributed by atoms with Gasteiger partial charge in [-0.1, -0.05) is 81.2 Å². The van der Waals surface area contributed by atoms with Crippen LogP contribution in [0.2, 0.25) is 10.0 Å². The summed E-state index contributed by atoms with van der Waals surface area (Å²) in [5.74, 6) is -2.91. The molecular weight excluding hydrogens is 545 g/mol. The number of rotatable bonds is 9. The molecule has 0 spiro atoms. The predicted octanol–water partition coefficient (Wildman–Crippen LogP) is 7.81. The van der Waals surface area contributed by atoms with E-state index in [1.807, 2.05) is 24.3 Å². The zero-order valence-corrected chi connectivity index (χ0v) is 24.1. The van der Waals surface area contributed by atoms with Crippen molar-refractivity contribution in [2.24, 2.45) is 0 Å². The fraction of sp³-hybridized carbons (Fsp3) is 0.333. The first-order valence-corrected chi connectivity index (χ1v) is 13.3. The van der Waals surface area contributed by atoms with Crippen molar-refractivity contribution in [2.45, 2.75) is 52.5 Å². The fourth-order valence-corrected chi connectivity index (χ4v) is 4.46. The molecule has 0 saturated carbocycles. The molecule has 0 aliphatic heterocycles. The molecule has 0 aliphatic rings. The number of nitrogens with zero attached hydrogens (tertiary/aromatic N) is 1. The molecule has 0 heterocycles. The van der Waals surface area contributed by atoms with Gasteiger partial charge in [0, 0.05) is 19.5 Å². The summed E-state index contributed by atoms with van der Waals surface area (Å²) in [6, 6.07) is 13.3. The van der Waals surface area contributed by atoms with E-state index < -0.39 is 23.3 Å². The van der Waals surface area contributed by atoms with Gasteiger partial charge in [-0.05, 0) is 46.7 Å². The first-order valence-electron chi connectivity index (χ1n) is 12.5. The Kier molecular flexibility index (Phi) is 9.97. The summed E-state index contributed by atoms with van der Waals surface area (Å²) in [5.41, 5.74) is 2.37. The van der Waals surface area contributed by atoms with E-state index in [1.54, 1.807) is 6.92 Å². The van der Waals surface area contributed by atoms with E-state index in [1.165, 1.54) is 30.2 Å². The summed E-state index contributed by atoms with van der Waals surface area (Å²) in [6.45, 7) is 8.25. The van der Waals surface area contributed by atoms with Gasteiger partial charge in [0.1, 0.15) is 0 Å². The largest absolute Gasteiger partial charge is 0.491 e. The van der Waals surface area contributed by atoms with Crippen LogP contribution in [0.5, 0.6) is 5.75 Å². The van der Waals surface area contributed by atoms with Crippen LogP contribution in [0.25, 0.3) is 0 Å². The Morgan fingerprint density at radius 1 is 1.00 bits per heavy atom. The second kappa shape index (κ2) is 12.8. The van der Waals surface area contributed by atoms with Crippen LogP contribution in [0.3, 0.4) is 0 Å². The minimum atomic E-state index is -0.823. The van der Waals surface area contributed by atoms with Crippen molar-refractivity contribution in [1.29, 1.82) is 0 Å². The molecule has 208 valence electrons. The number of nitrogens with one attached hydrogen (secondary N) is 1. The third kappa shape index (κ3) is 7.28. The van der Waals surface area contributed by atoms with Gasteiger partial charge in [0.05, 0.1) is 28.4 Å². The number of carbonyl (C=O) groups is 2. The number of ether oxygens (including phenoxy) is 1. The van der Waals surface area contributed by atoms with Crippen molar-refractivity contribution in [3.05, 3.63) is 92.5 Å². The van der Waals surface area contributed by atoms with Gasteiger partial charge in [-0.15, -0.1) is 0 Å². The summed E-state index contributed by atoms with van der Waals surface area (Å²) >= 11 is 12.7. The highest BCUT2D eigenvalue weighted by molar-refractivity contribution is 6.44. The molecule has 0 bridgehead atoms. The quantitative estimate of drug-likeness (QED) is 0.282. The average molecular weight is 577 g/mol. The summed E-state index contributed by atoms with van der Waals surface area (Å²) in [4.78, 5) is 27.6. The average Bonchev–Trinajstić information content (AvgIpc) is 2.89. The first kappa shape index (κ1) is 30.4. The molecule has 3 rings (SSSR count). The van der Waals surface area contributed by atoms with Crippen molar-refractivity contribution < 1.29 is 23.1 Å². The summed E-state index contributed by atoms with van der Waals surface area (Å²) in [6.07, 6.45) is 0.270. The molecule has 39 heavy (non-hydrogen) atoms. The van der Waals surface area contributed by atoms with Gasteiger partial charge in [0.15, 0.2) is 17.4 Å². The third-order valence-electron chi connectivity index (χ3n) is 6.37. The normalized spacial score (nSPS) is 11.3. The molecule has 0 aliphatic carbocycles. The van der Waals surface area contributed by atoms with Crippen molar-refractivity contribution >= 4 is 40.7 Å². The van der Waals surface area contributed by atoms with Gasteiger partial charge < -0.3 is 15.0 Å². The van der Waals surface area contributed by atoms with Crippen LogP contribution in [-0.4, -0.2) is 30.4 Å². The SMILES string of the molecule is CCC(=O)Nc1ccc(Cl)c(Cl)c1C(=O)N(CCc1ccc(F)c(OC)c1F)Cc1ccc(C(C)(C)C)cc1. The van der Waals surface area contributed by atoms with E-state index in [0.29, 0.717) is 0 Å². The molecule has 3 aromatic carbocycles. The lowest BCUT2D eigenvalue weighted by atomic mass is 9.87. The molecule has 2 amide bonds. The Balaban J connectivity index is 2.01. The maximum atomic E-state index is 14.9. The van der Waals surface area contributed by atoms with Gasteiger partial charge in [-0.2, -0.15) is 0 Å².